The summed E-state index contributed by atoms with van der Waals surface area (Å²) in [5, 5.41) is 37.9. The standard InChI is InChI=1S/C22H36O5/c1-2-3-9-14-19(23)15-10-6-4-5-7-11-16-20(24)21(25)17-12-8-13-18-22(26)27/h3-4,6,9-11,15-16,19-21,23-25H,2,5,7-8,12-14,17-18H2,1H3,(H,26,27)/b6-4-,9-3-,15-10+,16-11+. The van der Waals surface area contributed by atoms with Crippen LogP contribution < -0.4 is 0 Å². The second-order valence-corrected chi connectivity index (χ2v) is 6.55. The Morgan fingerprint density at radius 2 is 1.63 bits per heavy atom. The molecule has 0 saturated heterocycles. The molecule has 0 rings (SSSR count). The van der Waals surface area contributed by atoms with Gasteiger partial charge in [0, 0.05) is 6.42 Å². The lowest BCUT2D eigenvalue weighted by molar-refractivity contribution is -0.137. The number of allylic oxidation sites excluding steroid dienone is 5. The minimum Gasteiger partial charge on any atom is -0.481 e. The number of aliphatic hydroxyl groups excluding tert-OH is 3. The number of unbranched alkanes of at least 4 members (excludes halogenated alkanes) is 3. The minimum atomic E-state index is -0.889. The van der Waals surface area contributed by atoms with Crippen molar-refractivity contribution in [2.45, 2.75) is 83.0 Å². The zero-order chi connectivity index (χ0) is 20.3. The lowest BCUT2D eigenvalue weighted by Crippen LogP contribution is -2.23. The molecule has 0 aliphatic rings. The molecule has 0 aromatic carbocycles. The van der Waals surface area contributed by atoms with Crippen LogP contribution in [0.4, 0.5) is 0 Å². The molecule has 4 N–H and O–H groups in total. The fraction of sp³-hybridized carbons (Fsp3) is 0.591. The maximum atomic E-state index is 10.4. The fourth-order valence-corrected chi connectivity index (χ4v) is 2.38. The molecule has 0 spiro atoms. The van der Waals surface area contributed by atoms with E-state index in [1.807, 2.05) is 36.5 Å². The monoisotopic (exact) mass is 380 g/mol. The van der Waals surface area contributed by atoms with Gasteiger partial charge in [-0.15, -0.1) is 0 Å². The van der Waals surface area contributed by atoms with Gasteiger partial charge in [-0.2, -0.15) is 0 Å². The molecule has 0 aromatic rings. The molecule has 5 nitrogen and oxygen atoms in total. The zero-order valence-corrected chi connectivity index (χ0v) is 16.4. The third-order valence-corrected chi connectivity index (χ3v) is 3.98. The van der Waals surface area contributed by atoms with Crippen LogP contribution in [0.2, 0.25) is 0 Å². The van der Waals surface area contributed by atoms with Gasteiger partial charge in [0.05, 0.1) is 18.3 Å². The van der Waals surface area contributed by atoms with Crippen LogP contribution in [0.3, 0.4) is 0 Å². The lowest BCUT2D eigenvalue weighted by atomic mass is 10.0. The highest BCUT2D eigenvalue weighted by molar-refractivity contribution is 5.66. The van der Waals surface area contributed by atoms with E-state index >= 15 is 0 Å². The number of carboxylic acids is 1. The van der Waals surface area contributed by atoms with Crippen LogP contribution in [0.25, 0.3) is 0 Å². The highest BCUT2D eigenvalue weighted by Crippen LogP contribution is 2.10. The summed E-state index contributed by atoms with van der Waals surface area (Å²) >= 11 is 0. The van der Waals surface area contributed by atoms with Crippen LogP contribution in [0, 0.1) is 0 Å². The van der Waals surface area contributed by atoms with Gasteiger partial charge in [-0.25, -0.2) is 0 Å². The average Bonchev–Trinajstić information content (AvgIpc) is 2.63. The number of carbonyl (C=O) groups is 1. The molecular weight excluding hydrogens is 344 g/mol. The first-order valence-electron chi connectivity index (χ1n) is 9.88. The van der Waals surface area contributed by atoms with Crippen molar-refractivity contribution >= 4 is 5.97 Å². The Balaban J connectivity index is 3.81. The van der Waals surface area contributed by atoms with E-state index in [-0.39, 0.29) is 6.42 Å². The first-order chi connectivity index (χ1) is 13.0. The number of rotatable bonds is 16. The first kappa shape index (κ1) is 25.3. The summed E-state index contributed by atoms with van der Waals surface area (Å²) in [6, 6.07) is 0. The van der Waals surface area contributed by atoms with Crippen LogP contribution in [0.15, 0.2) is 48.6 Å². The summed E-state index contributed by atoms with van der Waals surface area (Å²) in [6.07, 6.45) is 18.6. The number of hydrogen-bond acceptors (Lipinski definition) is 4. The van der Waals surface area contributed by atoms with E-state index in [9.17, 15) is 20.1 Å². The zero-order valence-electron chi connectivity index (χ0n) is 16.4. The highest BCUT2D eigenvalue weighted by atomic mass is 16.4. The molecule has 0 heterocycles. The normalized spacial score (nSPS) is 16.0. The molecule has 3 unspecified atom stereocenters. The number of hydrogen-bond donors (Lipinski definition) is 4. The van der Waals surface area contributed by atoms with Crippen molar-refractivity contribution in [3.8, 4) is 0 Å². The molecule has 5 heteroatoms. The largest absolute Gasteiger partial charge is 0.481 e. The van der Waals surface area contributed by atoms with Crippen LogP contribution in [0.1, 0.15) is 64.7 Å². The summed E-state index contributed by atoms with van der Waals surface area (Å²) in [4.78, 5) is 10.4. The summed E-state index contributed by atoms with van der Waals surface area (Å²) in [6.45, 7) is 2.06. The first-order valence-corrected chi connectivity index (χ1v) is 9.88. The molecule has 0 fully saturated rings. The van der Waals surface area contributed by atoms with Gasteiger partial charge in [0.25, 0.3) is 0 Å². The van der Waals surface area contributed by atoms with Gasteiger partial charge >= 0.3 is 5.97 Å². The van der Waals surface area contributed by atoms with Gasteiger partial charge in [-0.05, 0) is 38.5 Å². The van der Waals surface area contributed by atoms with Crippen molar-refractivity contribution in [2.24, 2.45) is 0 Å². The predicted octanol–water partition coefficient (Wildman–Crippen LogP) is 3.91. The lowest BCUT2D eigenvalue weighted by Gasteiger charge is -2.14. The molecule has 0 amide bonds. The maximum Gasteiger partial charge on any atom is 0.303 e. The Bertz CT molecular complexity index is 479. The Morgan fingerprint density at radius 3 is 2.33 bits per heavy atom. The quantitative estimate of drug-likeness (QED) is 0.185. The second-order valence-electron chi connectivity index (χ2n) is 6.55. The van der Waals surface area contributed by atoms with E-state index in [4.69, 9.17) is 5.11 Å². The van der Waals surface area contributed by atoms with E-state index in [2.05, 4.69) is 6.92 Å². The van der Waals surface area contributed by atoms with E-state index in [0.717, 1.165) is 25.7 Å². The molecule has 0 aromatic heterocycles. The van der Waals surface area contributed by atoms with Crippen molar-refractivity contribution in [3.05, 3.63) is 48.6 Å². The minimum absolute atomic E-state index is 0.149. The van der Waals surface area contributed by atoms with Crippen molar-refractivity contribution < 1.29 is 25.2 Å². The Hall–Kier alpha value is -1.69. The topological polar surface area (TPSA) is 98.0 Å². The number of carboxylic acid groups (broad SMARTS) is 1. The number of aliphatic carboxylic acids is 1. The predicted molar refractivity (Wildman–Crippen MR) is 109 cm³/mol. The van der Waals surface area contributed by atoms with Crippen molar-refractivity contribution in [1.29, 1.82) is 0 Å². The van der Waals surface area contributed by atoms with Crippen LogP contribution in [0.5, 0.6) is 0 Å². The molecule has 0 bridgehead atoms. The van der Waals surface area contributed by atoms with Gasteiger partial charge in [0.15, 0.2) is 0 Å². The smallest absolute Gasteiger partial charge is 0.303 e. The number of aliphatic hydroxyl groups is 3. The van der Waals surface area contributed by atoms with Gasteiger partial charge < -0.3 is 20.4 Å². The molecule has 27 heavy (non-hydrogen) atoms. The third-order valence-electron chi connectivity index (χ3n) is 3.98. The molecule has 0 aliphatic heterocycles. The summed E-state index contributed by atoms with van der Waals surface area (Å²) in [5.74, 6) is -0.802. The SMILES string of the molecule is CC/C=C\CC(O)/C=C/C=C\CC/C=C/C(O)C(O)CCCCCC(=O)O. The second kappa shape index (κ2) is 17.7. The van der Waals surface area contributed by atoms with Crippen LogP contribution in [-0.2, 0) is 4.79 Å². The van der Waals surface area contributed by atoms with E-state index in [1.54, 1.807) is 12.2 Å². The van der Waals surface area contributed by atoms with Crippen molar-refractivity contribution in [3.63, 3.8) is 0 Å². The molecule has 0 saturated carbocycles. The van der Waals surface area contributed by atoms with Gasteiger partial charge in [0.2, 0.25) is 0 Å². The van der Waals surface area contributed by atoms with Crippen molar-refractivity contribution in [2.75, 3.05) is 0 Å². The summed E-state index contributed by atoms with van der Waals surface area (Å²) in [7, 11) is 0. The van der Waals surface area contributed by atoms with Gasteiger partial charge in [0.1, 0.15) is 0 Å². The molecule has 0 aliphatic carbocycles. The van der Waals surface area contributed by atoms with E-state index < -0.39 is 24.3 Å². The molecule has 3 atom stereocenters. The van der Waals surface area contributed by atoms with Crippen LogP contribution in [-0.4, -0.2) is 44.7 Å². The van der Waals surface area contributed by atoms with Crippen molar-refractivity contribution in [1.82, 2.24) is 0 Å². The summed E-state index contributed by atoms with van der Waals surface area (Å²) < 4.78 is 0. The average molecular weight is 381 g/mol. The third kappa shape index (κ3) is 17.5. The van der Waals surface area contributed by atoms with E-state index in [0.29, 0.717) is 25.7 Å². The van der Waals surface area contributed by atoms with Gasteiger partial charge in [-0.3, -0.25) is 4.79 Å². The van der Waals surface area contributed by atoms with Gasteiger partial charge in [-0.1, -0.05) is 68.4 Å². The Morgan fingerprint density at radius 1 is 0.889 bits per heavy atom. The highest BCUT2D eigenvalue weighted by Gasteiger charge is 2.12. The Kier molecular flexibility index (Phi) is 16.6. The van der Waals surface area contributed by atoms with E-state index in [1.165, 1.54) is 0 Å². The maximum absolute atomic E-state index is 10.4. The molecule has 154 valence electrons. The Labute approximate surface area is 163 Å². The summed E-state index contributed by atoms with van der Waals surface area (Å²) in [5.41, 5.74) is 0. The van der Waals surface area contributed by atoms with Crippen LogP contribution >= 0.6 is 0 Å². The molecular formula is C22H36O5. The molecule has 0 radical (unpaired) electrons. The fourth-order valence-electron chi connectivity index (χ4n) is 2.38.